The SMILES string of the molecule is Cc1ccc(-n2ncc3c(N(C)C4CCCCC4)ccnc32)c(C)c1. The van der Waals surface area contributed by atoms with Crippen molar-refractivity contribution in [2.75, 3.05) is 11.9 Å². The Hall–Kier alpha value is -2.36. The summed E-state index contributed by atoms with van der Waals surface area (Å²) in [5.41, 5.74) is 5.77. The van der Waals surface area contributed by atoms with E-state index in [1.807, 2.05) is 17.1 Å². The number of nitrogens with zero attached hydrogens (tertiary/aromatic N) is 4. The highest BCUT2D eigenvalue weighted by Crippen LogP contribution is 2.31. The van der Waals surface area contributed by atoms with E-state index in [-0.39, 0.29) is 0 Å². The van der Waals surface area contributed by atoms with Gasteiger partial charge in [0.15, 0.2) is 5.65 Å². The first kappa shape index (κ1) is 16.1. The second-order valence-corrected chi connectivity index (χ2v) is 7.32. The van der Waals surface area contributed by atoms with Gasteiger partial charge < -0.3 is 4.90 Å². The summed E-state index contributed by atoms with van der Waals surface area (Å²) in [5, 5.41) is 5.81. The Balaban J connectivity index is 1.77. The maximum atomic E-state index is 4.67. The lowest BCUT2D eigenvalue weighted by Crippen LogP contribution is -2.33. The Kier molecular flexibility index (Phi) is 4.20. The summed E-state index contributed by atoms with van der Waals surface area (Å²) in [6, 6.07) is 9.22. The fraction of sp³-hybridized carbons (Fsp3) is 0.429. The van der Waals surface area contributed by atoms with Gasteiger partial charge in [0.05, 0.1) is 23.0 Å². The summed E-state index contributed by atoms with van der Waals surface area (Å²) in [7, 11) is 2.22. The minimum atomic E-state index is 0.629. The molecule has 1 aromatic carbocycles. The van der Waals surface area contributed by atoms with Gasteiger partial charge in [-0.2, -0.15) is 5.10 Å². The van der Waals surface area contributed by atoms with Gasteiger partial charge in [-0.05, 0) is 44.4 Å². The highest BCUT2D eigenvalue weighted by Gasteiger charge is 2.21. The van der Waals surface area contributed by atoms with Crippen LogP contribution in [0.1, 0.15) is 43.2 Å². The lowest BCUT2D eigenvalue weighted by Gasteiger charge is -2.33. The van der Waals surface area contributed by atoms with E-state index in [2.05, 4.69) is 60.1 Å². The first-order valence-corrected chi connectivity index (χ1v) is 9.28. The molecular weight excluding hydrogens is 308 g/mol. The van der Waals surface area contributed by atoms with E-state index in [0.29, 0.717) is 6.04 Å². The van der Waals surface area contributed by atoms with Crippen LogP contribution in [0.5, 0.6) is 0 Å². The van der Waals surface area contributed by atoms with E-state index in [9.17, 15) is 0 Å². The predicted octanol–water partition coefficient (Wildman–Crippen LogP) is 4.81. The fourth-order valence-corrected chi connectivity index (χ4v) is 4.11. The van der Waals surface area contributed by atoms with Gasteiger partial charge in [-0.3, -0.25) is 0 Å². The molecule has 0 radical (unpaired) electrons. The van der Waals surface area contributed by atoms with Crippen LogP contribution in [-0.2, 0) is 0 Å². The molecule has 0 spiro atoms. The third-order valence-electron chi connectivity index (χ3n) is 5.53. The number of fused-ring (bicyclic) bond motifs is 1. The number of benzene rings is 1. The van der Waals surface area contributed by atoms with Crippen LogP contribution in [0, 0.1) is 13.8 Å². The van der Waals surface area contributed by atoms with Crippen molar-refractivity contribution in [2.45, 2.75) is 52.0 Å². The van der Waals surface area contributed by atoms with Gasteiger partial charge in [-0.15, -0.1) is 0 Å². The molecule has 0 atom stereocenters. The van der Waals surface area contributed by atoms with Gasteiger partial charge in [-0.25, -0.2) is 9.67 Å². The maximum Gasteiger partial charge on any atom is 0.164 e. The monoisotopic (exact) mass is 334 g/mol. The molecule has 1 saturated carbocycles. The van der Waals surface area contributed by atoms with Crippen LogP contribution in [-0.4, -0.2) is 27.9 Å². The molecular formula is C21H26N4. The third kappa shape index (κ3) is 2.90. The Morgan fingerprint density at radius 2 is 1.88 bits per heavy atom. The van der Waals surface area contributed by atoms with Gasteiger partial charge in [-0.1, -0.05) is 37.0 Å². The first-order chi connectivity index (χ1) is 12.1. The van der Waals surface area contributed by atoms with Crippen LogP contribution < -0.4 is 4.90 Å². The van der Waals surface area contributed by atoms with Crippen molar-refractivity contribution < 1.29 is 0 Å². The fourth-order valence-electron chi connectivity index (χ4n) is 4.11. The largest absolute Gasteiger partial charge is 0.371 e. The van der Waals surface area contributed by atoms with Crippen molar-refractivity contribution in [2.24, 2.45) is 0 Å². The van der Waals surface area contributed by atoms with Crippen LogP contribution >= 0.6 is 0 Å². The molecule has 1 aliphatic carbocycles. The standard InChI is InChI=1S/C21H26N4/c1-15-9-10-19(16(2)13-15)25-21-18(14-23-25)20(11-12-22-21)24(3)17-7-5-4-6-8-17/h9-14,17H,4-8H2,1-3H3. The Bertz CT molecular complexity index is 890. The average Bonchev–Trinajstić information content (AvgIpc) is 3.06. The molecule has 0 amide bonds. The van der Waals surface area contributed by atoms with Crippen LogP contribution in [0.4, 0.5) is 5.69 Å². The highest BCUT2D eigenvalue weighted by molar-refractivity contribution is 5.90. The number of anilines is 1. The molecule has 4 heteroatoms. The second kappa shape index (κ2) is 6.51. The van der Waals surface area contributed by atoms with Gasteiger partial charge in [0.2, 0.25) is 0 Å². The zero-order valence-electron chi connectivity index (χ0n) is 15.4. The molecule has 0 unspecified atom stereocenters. The molecule has 0 aliphatic heterocycles. The number of pyridine rings is 1. The van der Waals surface area contributed by atoms with E-state index in [0.717, 1.165) is 16.7 Å². The molecule has 130 valence electrons. The topological polar surface area (TPSA) is 34.0 Å². The Morgan fingerprint density at radius 3 is 2.64 bits per heavy atom. The maximum absolute atomic E-state index is 4.67. The molecule has 4 nitrogen and oxygen atoms in total. The first-order valence-electron chi connectivity index (χ1n) is 9.28. The van der Waals surface area contributed by atoms with Gasteiger partial charge in [0.1, 0.15) is 0 Å². The van der Waals surface area contributed by atoms with Crippen molar-refractivity contribution in [3.63, 3.8) is 0 Å². The van der Waals surface area contributed by atoms with Crippen LogP contribution in [0.25, 0.3) is 16.7 Å². The van der Waals surface area contributed by atoms with Gasteiger partial charge in [0, 0.05) is 19.3 Å². The molecule has 2 aromatic heterocycles. The summed E-state index contributed by atoms with van der Waals surface area (Å²) >= 11 is 0. The van der Waals surface area contributed by atoms with Crippen molar-refractivity contribution >= 4 is 16.7 Å². The summed E-state index contributed by atoms with van der Waals surface area (Å²) in [6.07, 6.45) is 10.5. The zero-order chi connectivity index (χ0) is 17.4. The molecule has 0 N–H and O–H groups in total. The summed E-state index contributed by atoms with van der Waals surface area (Å²) in [5.74, 6) is 0. The summed E-state index contributed by atoms with van der Waals surface area (Å²) in [6.45, 7) is 4.25. The minimum Gasteiger partial charge on any atom is -0.371 e. The molecule has 0 bridgehead atoms. The van der Waals surface area contributed by atoms with E-state index >= 15 is 0 Å². The van der Waals surface area contributed by atoms with Crippen molar-refractivity contribution in [3.05, 3.63) is 47.8 Å². The third-order valence-corrected chi connectivity index (χ3v) is 5.53. The lowest BCUT2D eigenvalue weighted by atomic mass is 9.94. The summed E-state index contributed by atoms with van der Waals surface area (Å²) in [4.78, 5) is 7.08. The van der Waals surface area contributed by atoms with Crippen molar-refractivity contribution in [3.8, 4) is 5.69 Å². The highest BCUT2D eigenvalue weighted by atomic mass is 15.3. The van der Waals surface area contributed by atoms with Crippen LogP contribution in [0.3, 0.4) is 0 Å². The van der Waals surface area contributed by atoms with Gasteiger partial charge in [0.25, 0.3) is 0 Å². The van der Waals surface area contributed by atoms with Crippen molar-refractivity contribution in [1.82, 2.24) is 14.8 Å². The molecule has 4 rings (SSSR count). The Labute approximate surface area is 149 Å². The zero-order valence-corrected chi connectivity index (χ0v) is 15.4. The number of aryl methyl sites for hydroxylation is 2. The van der Waals surface area contributed by atoms with E-state index < -0.39 is 0 Å². The van der Waals surface area contributed by atoms with Crippen LogP contribution in [0.15, 0.2) is 36.7 Å². The second-order valence-electron chi connectivity index (χ2n) is 7.32. The predicted molar refractivity (Wildman–Crippen MR) is 104 cm³/mol. The average molecular weight is 334 g/mol. The molecule has 0 saturated heterocycles. The molecule has 2 heterocycles. The van der Waals surface area contributed by atoms with Gasteiger partial charge >= 0.3 is 0 Å². The van der Waals surface area contributed by atoms with E-state index in [1.54, 1.807) is 0 Å². The Morgan fingerprint density at radius 1 is 1.08 bits per heavy atom. The number of rotatable bonds is 3. The quantitative estimate of drug-likeness (QED) is 0.689. The molecule has 1 aliphatic rings. The smallest absolute Gasteiger partial charge is 0.164 e. The summed E-state index contributed by atoms with van der Waals surface area (Å²) < 4.78 is 1.97. The molecule has 25 heavy (non-hydrogen) atoms. The van der Waals surface area contributed by atoms with Crippen molar-refractivity contribution in [1.29, 1.82) is 0 Å². The molecule has 3 aromatic rings. The number of aromatic nitrogens is 3. The number of hydrogen-bond donors (Lipinski definition) is 0. The number of hydrogen-bond acceptors (Lipinski definition) is 3. The lowest BCUT2D eigenvalue weighted by molar-refractivity contribution is 0.428. The minimum absolute atomic E-state index is 0.629. The van der Waals surface area contributed by atoms with Crippen LogP contribution in [0.2, 0.25) is 0 Å². The van der Waals surface area contributed by atoms with E-state index in [4.69, 9.17) is 0 Å². The molecule has 1 fully saturated rings. The van der Waals surface area contributed by atoms with E-state index in [1.165, 1.54) is 48.9 Å². The normalized spacial score (nSPS) is 15.6.